The van der Waals surface area contributed by atoms with Crippen molar-refractivity contribution < 1.29 is 14.3 Å². The zero-order valence-electron chi connectivity index (χ0n) is 16.3. The zero-order chi connectivity index (χ0) is 19.8. The molecular formula is C21H25NO4S. The maximum atomic E-state index is 12.4. The van der Waals surface area contributed by atoms with E-state index in [4.69, 9.17) is 9.47 Å². The molecule has 0 spiro atoms. The molecule has 1 aliphatic rings. The smallest absolute Gasteiger partial charge is 0.266 e. The Morgan fingerprint density at radius 2 is 2.15 bits per heavy atom. The predicted octanol–water partition coefficient (Wildman–Crippen LogP) is 2.38. The van der Waals surface area contributed by atoms with E-state index in [0.717, 1.165) is 29.0 Å². The first-order valence-corrected chi connectivity index (χ1v) is 9.92. The highest BCUT2D eigenvalue weighted by Gasteiger charge is 2.21. The third-order valence-corrected chi connectivity index (χ3v) is 5.26. The van der Waals surface area contributed by atoms with Gasteiger partial charge in [-0.15, -0.1) is 11.3 Å². The van der Waals surface area contributed by atoms with Crippen LogP contribution >= 0.6 is 11.3 Å². The van der Waals surface area contributed by atoms with Crippen LogP contribution in [-0.2, 0) is 11.2 Å². The summed E-state index contributed by atoms with van der Waals surface area (Å²) in [4.78, 5) is 27.3. The number of hydrogen-bond acceptors (Lipinski definition) is 5. The van der Waals surface area contributed by atoms with Gasteiger partial charge in [0, 0.05) is 29.0 Å². The number of carbonyl (C=O) groups excluding carboxylic acids is 1. The van der Waals surface area contributed by atoms with Crippen LogP contribution in [0.4, 0.5) is 0 Å². The van der Waals surface area contributed by atoms with Crippen LogP contribution in [0.1, 0.15) is 45.7 Å². The van der Waals surface area contributed by atoms with Gasteiger partial charge in [-0.3, -0.25) is 9.59 Å². The van der Waals surface area contributed by atoms with Crippen LogP contribution in [0, 0.1) is 5.41 Å². The van der Waals surface area contributed by atoms with Gasteiger partial charge in [0.1, 0.15) is 17.6 Å². The quantitative estimate of drug-likeness (QED) is 0.875. The van der Waals surface area contributed by atoms with Gasteiger partial charge in [-0.1, -0.05) is 20.8 Å². The lowest BCUT2D eigenvalue weighted by atomic mass is 9.91. The van der Waals surface area contributed by atoms with Gasteiger partial charge in [0.15, 0.2) is 5.78 Å². The molecule has 1 aromatic carbocycles. The Labute approximate surface area is 162 Å². The van der Waals surface area contributed by atoms with Gasteiger partial charge in [0.2, 0.25) is 0 Å². The molecule has 0 saturated carbocycles. The normalized spacial score (nSPS) is 17.7. The number of fused-ring (bicyclic) bond motifs is 1. The minimum atomic E-state index is -0.485. The van der Waals surface area contributed by atoms with E-state index in [9.17, 15) is 9.59 Å². The number of ketones is 1. The molecule has 2 heterocycles. The molecule has 0 amide bonds. The summed E-state index contributed by atoms with van der Waals surface area (Å²) in [5, 5.41) is 0. The number of nitrogens with one attached hydrogen (secondary N) is 1. The first-order valence-electron chi connectivity index (χ1n) is 9.10. The summed E-state index contributed by atoms with van der Waals surface area (Å²) >= 11 is 1.26. The molecule has 1 atom stereocenters. The first-order chi connectivity index (χ1) is 12.7. The summed E-state index contributed by atoms with van der Waals surface area (Å²) in [7, 11) is 0. The minimum absolute atomic E-state index is 0.0264. The lowest BCUT2D eigenvalue weighted by molar-refractivity contribution is -0.119. The first kappa shape index (κ1) is 19.4. The van der Waals surface area contributed by atoms with Crippen molar-refractivity contribution in [2.45, 2.75) is 47.1 Å². The molecule has 5 nitrogen and oxygen atoms in total. The molecule has 1 aliphatic heterocycles. The number of H-pyrrole nitrogens is 1. The number of hydrogen-bond donors (Lipinski definition) is 1. The van der Waals surface area contributed by atoms with Crippen molar-refractivity contribution in [1.82, 2.24) is 4.98 Å². The molecule has 0 unspecified atom stereocenters. The summed E-state index contributed by atoms with van der Waals surface area (Å²) in [6, 6.07) is 3.92. The molecule has 1 N–H and O–H groups in total. The van der Waals surface area contributed by atoms with Crippen molar-refractivity contribution in [2.24, 2.45) is 5.41 Å². The van der Waals surface area contributed by atoms with E-state index in [0.29, 0.717) is 15.8 Å². The number of benzene rings is 1. The van der Waals surface area contributed by atoms with Crippen LogP contribution in [0.5, 0.6) is 11.5 Å². The summed E-state index contributed by atoms with van der Waals surface area (Å²) in [6.07, 6.45) is 4.28. The van der Waals surface area contributed by atoms with Gasteiger partial charge in [-0.05, 0) is 32.1 Å². The maximum Gasteiger partial charge on any atom is 0.266 e. The Bertz CT molecular complexity index is 1040. The standard InChI is InChI=1S/C21H25NO4S/c1-6-25-15-8-13-7-12(2)26-16(13)9-14(15)10-17-20(24)22-19(27-17)11-18(23)21(3,4)5/h8-12H,6-7H2,1-5H3,(H,22,24)/b17-10-,19-11-/t12-/m1/s1. The number of Topliss-reactive ketones (excluding diaryl/α,β-unsaturated/α-hetero) is 1. The van der Waals surface area contributed by atoms with Gasteiger partial charge < -0.3 is 14.5 Å². The topological polar surface area (TPSA) is 68.4 Å². The summed E-state index contributed by atoms with van der Waals surface area (Å²) < 4.78 is 12.7. The second kappa shape index (κ2) is 7.35. The van der Waals surface area contributed by atoms with E-state index < -0.39 is 5.41 Å². The van der Waals surface area contributed by atoms with E-state index in [1.54, 1.807) is 6.08 Å². The summed E-state index contributed by atoms with van der Waals surface area (Å²) in [5.41, 5.74) is 1.21. The lowest BCUT2D eigenvalue weighted by Gasteiger charge is -2.12. The molecular weight excluding hydrogens is 362 g/mol. The van der Waals surface area contributed by atoms with Crippen molar-refractivity contribution in [1.29, 1.82) is 0 Å². The molecule has 0 radical (unpaired) electrons. The predicted molar refractivity (Wildman–Crippen MR) is 108 cm³/mol. The third kappa shape index (κ3) is 4.33. The Kier molecular flexibility index (Phi) is 5.29. The number of ether oxygens (including phenoxy) is 2. The fraction of sp³-hybridized carbons (Fsp3) is 0.429. The van der Waals surface area contributed by atoms with Gasteiger partial charge in [-0.2, -0.15) is 0 Å². The molecule has 0 aliphatic carbocycles. The molecule has 0 bridgehead atoms. The lowest BCUT2D eigenvalue weighted by Crippen LogP contribution is -2.22. The highest BCUT2D eigenvalue weighted by atomic mass is 32.1. The Hall–Kier alpha value is -2.34. The van der Waals surface area contributed by atoms with Crippen LogP contribution in [0.25, 0.3) is 12.2 Å². The third-order valence-electron chi connectivity index (χ3n) is 4.30. The van der Waals surface area contributed by atoms with Crippen molar-refractivity contribution in [3.8, 4) is 11.5 Å². The molecule has 1 aromatic heterocycles. The second-order valence-corrected chi connectivity index (χ2v) is 8.83. The van der Waals surface area contributed by atoms with Crippen LogP contribution < -0.4 is 24.2 Å². The van der Waals surface area contributed by atoms with Gasteiger partial charge >= 0.3 is 0 Å². The van der Waals surface area contributed by atoms with Crippen LogP contribution in [-0.4, -0.2) is 23.5 Å². The van der Waals surface area contributed by atoms with Crippen molar-refractivity contribution >= 4 is 29.3 Å². The fourth-order valence-corrected chi connectivity index (χ4v) is 3.73. The molecule has 27 heavy (non-hydrogen) atoms. The SMILES string of the molecule is CCOc1cc2c(cc1/C=c1\s/c(=C\C(=O)C(C)(C)C)[nH]c1=O)O[C@H](C)C2. The maximum absolute atomic E-state index is 12.4. The molecule has 0 fully saturated rings. The molecule has 144 valence electrons. The second-order valence-electron chi connectivity index (χ2n) is 7.75. The molecule has 3 rings (SSSR count). The highest BCUT2D eigenvalue weighted by Crippen LogP contribution is 2.35. The zero-order valence-corrected chi connectivity index (χ0v) is 17.2. The molecule has 6 heteroatoms. The van der Waals surface area contributed by atoms with E-state index in [1.165, 1.54) is 17.4 Å². The Balaban J connectivity index is 2.08. The molecule has 2 aromatic rings. The van der Waals surface area contributed by atoms with Crippen LogP contribution in [0.2, 0.25) is 0 Å². The van der Waals surface area contributed by atoms with Gasteiger partial charge in [0.25, 0.3) is 5.56 Å². The van der Waals surface area contributed by atoms with E-state index in [1.807, 2.05) is 46.8 Å². The number of thiazole rings is 1. The fourth-order valence-electron chi connectivity index (χ4n) is 2.85. The largest absolute Gasteiger partial charge is 0.493 e. The van der Waals surface area contributed by atoms with Crippen molar-refractivity contribution in [3.05, 3.63) is 42.8 Å². The van der Waals surface area contributed by atoms with Crippen LogP contribution in [0.15, 0.2) is 16.9 Å². The van der Waals surface area contributed by atoms with Gasteiger partial charge in [-0.25, -0.2) is 0 Å². The Morgan fingerprint density at radius 3 is 2.81 bits per heavy atom. The van der Waals surface area contributed by atoms with E-state index in [2.05, 4.69) is 4.98 Å². The summed E-state index contributed by atoms with van der Waals surface area (Å²) in [6.45, 7) is 10.1. The van der Waals surface area contributed by atoms with E-state index in [-0.39, 0.29) is 17.4 Å². The number of carbonyl (C=O) groups is 1. The van der Waals surface area contributed by atoms with E-state index >= 15 is 0 Å². The molecule has 0 saturated heterocycles. The monoisotopic (exact) mass is 387 g/mol. The average Bonchev–Trinajstić information content (AvgIpc) is 3.08. The average molecular weight is 388 g/mol. The highest BCUT2D eigenvalue weighted by molar-refractivity contribution is 7.07. The summed E-state index contributed by atoms with van der Waals surface area (Å²) in [5.74, 6) is 1.54. The van der Waals surface area contributed by atoms with Crippen molar-refractivity contribution in [2.75, 3.05) is 6.61 Å². The minimum Gasteiger partial charge on any atom is -0.493 e. The Morgan fingerprint density at radius 1 is 1.41 bits per heavy atom. The number of aromatic nitrogens is 1. The van der Waals surface area contributed by atoms with Crippen molar-refractivity contribution in [3.63, 3.8) is 0 Å². The number of rotatable bonds is 4. The van der Waals surface area contributed by atoms with Gasteiger partial charge in [0.05, 0.1) is 15.8 Å². The van der Waals surface area contributed by atoms with Crippen LogP contribution in [0.3, 0.4) is 0 Å². The number of aromatic amines is 1.